The summed E-state index contributed by atoms with van der Waals surface area (Å²) < 4.78 is 1.82. The summed E-state index contributed by atoms with van der Waals surface area (Å²) in [5.41, 5.74) is 3.01. The lowest BCUT2D eigenvalue weighted by Crippen LogP contribution is -2.61. The molecule has 3 aromatic rings. The van der Waals surface area contributed by atoms with E-state index < -0.39 is 0 Å². The van der Waals surface area contributed by atoms with Crippen LogP contribution in [0.5, 0.6) is 0 Å². The summed E-state index contributed by atoms with van der Waals surface area (Å²) in [7, 11) is 3.57. The number of nitrogens with zero attached hydrogens (tertiary/aromatic N) is 5. The van der Waals surface area contributed by atoms with Gasteiger partial charge in [0, 0.05) is 37.6 Å². The molecular formula is C25H32ClN7O2. The number of fused-ring (bicyclic) bond motifs is 1. The molecule has 9 nitrogen and oxygen atoms in total. The SMILES string of the molecule is C=CC(=O)N(C)C1CN(C(=O)c2c(C)nc(CNc3n[nH]c4cc(Cl)c(C(C)(C)C)cc34)n2C)C1. The van der Waals surface area contributed by atoms with E-state index in [1.54, 1.807) is 16.8 Å². The van der Waals surface area contributed by atoms with Crippen molar-refractivity contribution in [2.75, 3.05) is 25.5 Å². The minimum atomic E-state index is -0.144. The number of imidazole rings is 1. The number of rotatable bonds is 6. The van der Waals surface area contributed by atoms with E-state index in [0.29, 0.717) is 41.9 Å². The molecule has 10 heteroatoms. The number of hydrogen-bond acceptors (Lipinski definition) is 5. The fraction of sp³-hybridized carbons (Fsp3) is 0.440. The highest BCUT2D eigenvalue weighted by Gasteiger charge is 2.37. The van der Waals surface area contributed by atoms with E-state index in [9.17, 15) is 9.59 Å². The second-order valence-corrected chi connectivity index (χ2v) is 10.5. The highest BCUT2D eigenvalue weighted by atomic mass is 35.5. The molecule has 0 radical (unpaired) electrons. The van der Waals surface area contributed by atoms with Gasteiger partial charge in [-0.25, -0.2) is 4.98 Å². The van der Waals surface area contributed by atoms with Gasteiger partial charge in [-0.1, -0.05) is 39.0 Å². The summed E-state index contributed by atoms with van der Waals surface area (Å²) in [5, 5.41) is 12.5. The van der Waals surface area contributed by atoms with Crippen LogP contribution in [0, 0.1) is 6.92 Å². The van der Waals surface area contributed by atoms with Gasteiger partial charge < -0.3 is 19.7 Å². The fourth-order valence-corrected chi connectivity index (χ4v) is 4.85. The molecule has 3 heterocycles. The van der Waals surface area contributed by atoms with Crippen molar-refractivity contribution >= 4 is 40.1 Å². The van der Waals surface area contributed by atoms with Gasteiger partial charge in [0.2, 0.25) is 5.91 Å². The zero-order valence-electron chi connectivity index (χ0n) is 21.1. The lowest BCUT2D eigenvalue weighted by Gasteiger charge is -2.43. The first-order valence-electron chi connectivity index (χ1n) is 11.5. The van der Waals surface area contributed by atoms with Crippen molar-refractivity contribution in [3.63, 3.8) is 0 Å². The average molecular weight is 498 g/mol. The number of aromatic nitrogens is 4. The van der Waals surface area contributed by atoms with Gasteiger partial charge in [-0.2, -0.15) is 5.10 Å². The summed E-state index contributed by atoms with van der Waals surface area (Å²) in [5.74, 6) is 1.20. The van der Waals surface area contributed by atoms with E-state index in [2.05, 4.69) is 53.9 Å². The maximum Gasteiger partial charge on any atom is 0.272 e. The van der Waals surface area contributed by atoms with Crippen LogP contribution in [0.1, 0.15) is 48.3 Å². The first kappa shape index (κ1) is 24.8. The number of H-pyrrole nitrogens is 1. The number of nitrogens with one attached hydrogen (secondary N) is 2. The number of carbonyl (C=O) groups excluding carboxylic acids is 2. The zero-order valence-corrected chi connectivity index (χ0v) is 21.8. The van der Waals surface area contributed by atoms with E-state index in [1.807, 2.05) is 24.6 Å². The van der Waals surface area contributed by atoms with Crippen molar-refractivity contribution in [1.29, 1.82) is 0 Å². The minimum Gasteiger partial charge on any atom is -0.361 e. The Morgan fingerprint density at radius 1 is 1.34 bits per heavy atom. The maximum absolute atomic E-state index is 13.2. The van der Waals surface area contributed by atoms with Crippen molar-refractivity contribution in [1.82, 2.24) is 29.5 Å². The van der Waals surface area contributed by atoms with Crippen LogP contribution in [0.3, 0.4) is 0 Å². The molecule has 1 aliphatic rings. The summed E-state index contributed by atoms with van der Waals surface area (Å²) in [6, 6.07) is 3.97. The molecule has 0 unspecified atom stereocenters. The smallest absolute Gasteiger partial charge is 0.272 e. The van der Waals surface area contributed by atoms with Crippen molar-refractivity contribution in [3.05, 3.63) is 52.6 Å². The number of benzene rings is 1. The second kappa shape index (κ2) is 9.03. The molecule has 1 fully saturated rings. The molecule has 1 aromatic carbocycles. The molecule has 0 bridgehead atoms. The van der Waals surface area contributed by atoms with Crippen LogP contribution in [0.4, 0.5) is 5.82 Å². The number of anilines is 1. The normalized spacial score (nSPS) is 14.2. The molecule has 2 amide bonds. The summed E-state index contributed by atoms with van der Waals surface area (Å²) in [4.78, 5) is 32.9. The lowest BCUT2D eigenvalue weighted by atomic mass is 9.86. The largest absolute Gasteiger partial charge is 0.361 e. The zero-order chi connectivity index (χ0) is 25.7. The van der Waals surface area contributed by atoms with Crippen LogP contribution in [-0.2, 0) is 23.8 Å². The Bertz CT molecular complexity index is 1310. The van der Waals surface area contributed by atoms with Gasteiger partial charge in [-0.15, -0.1) is 0 Å². The predicted molar refractivity (Wildman–Crippen MR) is 138 cm³/mol. The Morgan fingerprint density at radius 3 is 2.66 bits per heavy atom. The third kappa shape index (κ3) is 4.52. The second-order valence-electron chi connectivity index (χ2n) is 10.1. The lowest BCUT2D eigenvalue weighted by molar-refractivity contribution is -0.129. The van der Waals surface area contributed by atoms with E-state index >= 15 is 0 Å². The van der Waals surface area contributed by atoms with E-state index in [1.165, 1.54) is 6.08 Å². The Labute approximate surface area is 210 Å². The topological polar surface area (TPSA) is 99.2 Å². The summed E-state index contributed by atoms with van der Waals surface area (Å²) in [6.07, 6.45) is 1.29. The molecule has 0 saturated carbocycles. The average Bonchev–Trinajstić information content (AvgIpc) is 3.27. The minimum absolute atomic E-state index is 0.00133. The molecule has 2 aromatic heterocycles. The molecule has 35 heavy (non-hydrogen) atoms. The highest BCUT2D eigenvalue weighted by molar-refractivity contribution is 6.32. The van der Waals surface area contributed by atoms with Crippen molar-refractivity contribution in [3.8, 4) is 0 Å². The van der Waals surface area contributed by atoms with Crippen LogP contribution >= 0.6 is 11.6 Å². The number of aryl methyl sites for hydroxylation is 1. The van der Waals surface area contributed by atoms with Crippen LogP contribution < -0.4 is 5.32 Å². The van der Waals surface area contributed by atoms with E-state index in [-0.39, 0.29) is 23.3 Å². The van der Waals surface area contributed by atoms with E-state index in [0.717, 1.165) is 22.3 Å². The van der Waals surface area contributed by atoms with Gasteiger partial charge in [0.1, 0.15) is 11.5 Å². The van der Waals surface area contributed by atoms with Crippen LogP contribution in [0.15, 0.2) is 24.8 Å². The van der Waals surface area contributed by atoms with Gasteiger partial charge in [0.15, 0.2) is 5.82 Å². The Morgan fingerprint density at radius 2 is 2.03 bits per heavy atom. The molecular weight excluding hydrogens is 466 g/mol. The Hall–Kier alpha value is -3.33. The molecule has 2 N–H and O–H groups in total. The third-order valence-electron chi connectivity index (χ3n) is 6.66. The Balaban J connectivity index is 1.49. The molecule has 0 spiro atoms. The molecule has 186 valence electrons. The molecule has 0 aliphatic carbocycles. The number of amides is 2. The number of aromatic amines is 1. The first-order chi connectivity index (χ1) is 16.4. The summed E-state index contributed by atoms with van der Waals surface area (Å²) in [6.45, 7) is 13.1. The standard InChI is InChI=1S/C25H32ClN7O2/c1-8-21(34)31(6)15-12-33(13-15)24(35)22-14(2)28-20(32(22)7)11-27-23-16-9-17(25(3,4)5)18(26)10-19(16)29-30-23/h8-10,15H,1,11-13H2,2-7H3,(H2,27,29,30). The van der Waals surface area contributed by atoms with Crippen molar-refractivity contribution in [2.45, 2.75) is 45.7 Å². The molecule has 1 saturated heterocycles. The van der Waals surface area contributed by atoms with Gasteiger partial charge in [-0.05, 0) is 36.1 Å². The number of likely N-dealkylation sites (tertiary alicyclic amines) is 1. The third-order valence-corrected chi connectivity index (χ3v) is 6.97. The van der Waals surface area contributed by atoms with E-state index in [4.69, 9.17) is 11.6 Å². The monoisotopic (exact) mass is 497 g/mol. The quantitative estimate of drug-likeness (QED) is 0.506. The molecule has 0 atom stereocenters. The van der Waals surface area contributed by atoms with Gasteiger partial charge in [0.05, 0.1) is 23.8 Å². The van der Waals surface area contributed by atoms with Crippen LogP contribution in [0.25, 0.3) is 10.9 Å². The van der Waals surface area contributed by atoms with Gasteiger partial charge in [-0.3, -0.25) is 14.7 Å². The molecule has 1 aliphatic heterocycles. The predicted octanol–water partition coefficient (Wildman–Crippen LogP) is 3.64. The number of halogens is 1. The molecule has 4 rings (SSSR count). The van der Waals surface area contributed by atoms with Gasteiger partial charge in [0.25, 0.3) is 5.91 Å². The van der Waals surface area contributed by atoms with Crippen molar-refractivity contribution < 1.29 is 9.59 Å². The first-order valence-corrected chi connectivity index (χ1v) is 11.9. The highest BCUT2D eigenvalue weighted by Crippen LogP contribution is 2.34. The maximum atomic E-state index is 13.2. The van der Waals surface area contributed by atoms with Crippen LogP contribution in [-0.4, -0.2) is 67.5 Å². The van der Waals surface area contributed by atoms with Crippen molar-refractivity contribution in [2.24, 2.45) is 7.05 Å². The van der Waals surface area contributed by atoms with Crippen LogP contribution in [0.2, 0.25) is 5.02 Å². The Kier molecular flexibility index (Phi) is 6.40. The number of likely N-dealkylation sites (N-methyl/N-ethyl adjacent to an activating group) is 1. The van der Waals surface area contributed by atoms with Gasteiger partial charge >= 0.3 is 0 Å². The fourth-order valence-electron chi connectivity index (χ4n) is 4.40. The number of carbonyl (C=O) groups is 2. The number of hydrogen-bond donors (Lipinski definition) is 2. The summed E-state index contributed by atoms with van der Waals surface area (Å²) >= 11 is 6.49.